The largest absolute Gasteiger partial charge is 0.508 e. The Hall–Kier alpha value is -2.04. The van der Waals surface area contributed by atoms with Crippen molar-refractivity contribution in [3.63, 3.8) is 0 Å². The van der Waals surface area contributed by atoms with Gasteiger partial charge in [-0.3, -0.25) is 4.79 Å². The van der Waals surface area contributed by atoms with Gasteiger partial charge in [0.05, 0.1) is 10.6 Å². The lowest BCUT2D eigenvalue weighted by atomic mass is 10.1. The van der Waals surface area contributed by atoms with E-state index < -0.39 is 0 Å². The fraction of sp³-hybridized carbons (Fsp3) is 0.0714. The average molecular weight is 277 g/mol. The van der Waals surface area contributed by atoms with Gasteiger partial charge in [-0.15, -0.1) is 0 Å². The molecule has 2 aromatic carbocycles. The van der Waals surface area contributed by atoms with E-state index in [-0.39, 0.29) is 22.2 Å². The molecule has 19 heavy (non-hydrogen) atoms. The lowest BCUT2D eigenvalue weighted by Crippen LogP contribution is -2.12. The SMILES string of the molecule is NCc1ccc(NC(=O)c2cc(O)ccc2Cl)cc1. The molecule has 0 unspecified atom stereocenters. The van der Waals surface area contributed by atoms with Crippen molar-refractivity contribution in [1.29, 1.82) is 0 Å². The Balaban J connectivity index is 2.18. The van der Waals surface area contributed by atoms with Crippen LogP contribution in [0.1, 0.15) is 15.9 Å². The molecular weight excluding hydrogens is 264 g/mol. The first-order chi connectivity index (χ1) is 9.10. The molecule has 0 heterocycles. The fourth-order valence-corrected chi connectivity index (χ4v) is 1.81. The van der Waals surface area contributed by atoms with Crippen LogP contribution in [0.2, 0.25) is 5.02 Å². The Kier molecular flexibility index (Phi) is 4.04. The molecule has 0 aliphatic rings. The van der Waals surface area contributed by atoms with Crippen LogP contribution in [0.25, 0.3) is 0 Å². The average Bonchev–Trinajstić information content (AvgIpc) is 2.42. The van der Waals surface area contributed by atoms with Crippen LogP contribution in [0, 0.1) is 0 Å². The number of phenolic OH excluding ortho intramolecular Hbond substituents is 1. The molecule has 0 saturated carbocycles. The van der Waals surface area contributed by atoms with E-state index in [4.69, 9.17) is 17.3 Å². The third-order valence-corrected chi connectivity index (χ3v) is 2.97. The van der Waals surface area contributed by atoms with E-state index in [0.717, 1.165) is 5.56 Å². The fourth-order valence-electron chi connectivity index (χ4n) is 1.61. The number of phenols is 1. The maximum atomic E-state index is 12.0. The molecule has 1 amide bonds. The van der Waals surface area contributed by atoms with E-state index in [0.29, 0.717) is 12.2 Å². The molecule has 0 aliphatic carbocycles. The number of carbonyl (C=O) groups is 1. The van der Waals surface area contributed by atoms with Crippen molar-refractivity contribution in [3.8, 4) is 5.75 Å². The number of benzene rings is 2. The zero-order valence-electron chi connectivity index (χ0n) is 10.1. The summed E-state index contributed by atoms with van der Waals surface area (Å²) in [6.45, 7) is 0.451. The minimum atomic E-state index is -0.374. The van der Waals surface area contributed by atoms with Gasteiger partial charge < -0.3 is 16.2 Å². The second-order valence-electron chi connectivity index (χ2n) is 4.02. The molecule has 0 radical (unpaired) electrons. The van der Waals surface area contributed by atoms with Gasteiger partial charge in [0, 0.05) is 12.2 Å². The summed E-state index contributed by atoms with van der Waals surface area (Å²) in [4.78, 5) is 12.0. The van der Waals surface area contributed by atoms with Gasteiger partial charge in [-0.2, -0.15) is 0 Å². The van der Waals surface area contributed by atoms with Gasteiger partial charge in [0.2, 0.25) is 0 Å². The number of nitrogens with two attached hydrogens (primary N) is 1. The van der Waals surface area contributed by atoms with Crippen molar-refractivity contribution in [1.82, 2.24) is 0 Å². The summed E-state index contributed by atoms with van der Waals surface area (Å²) in [5, 5.41) is 12.4. The van der Waals surface area contributed by atoms with E-state index in [1.54, 1.807) is 12.1 Å². The molecule has 4 N–H and O–H groups in total. The second-order valence-corrected chi connectivity index (χ2v) is 4.43. The molecule has 0 aliphatic heterocycles. The monoisotopic (exact) mass is 276 g/mol. The number of aromatic hydroxyl groups is 1. The van der Waals surface area contributed by atoms with Crippen molar-refractivity contribution >= 4 is 23.2 Å². The molecule has 0 atom stereocenters. The Bertz CT molecular complexity index is 597. The third kappa shape index (κ3) is 3.24. The Morgan fingerprint density at radius 3 is 2.53 bits per heavy atom. The molecule has 0 fully saturated rings. The molecule has 0 aromatic heterocycles. The Morgan fingerprint density at radius 1 is 1.21 bits per heavy atom. The van der Waals surface area contributed by atoms with Crippen LogP contribution in [0.5, 0.6) is 5.75 Å². The van der Waals surface area contributed by atoms with Crippen molar-refractivity contribution in [2.75, 3.05) is 5.32 Å². The number of anilines is 1. The summed E-state index contributed by atoms with van der Waals surface area (Å²) in [5.74, 6) is -0.380. The number of amides is 1. The summed E-state index contributed by atoms with van der Waals surface area (Å²) in [6.07, 6.45) is 0. The minimum Gasteiger partial charge on any atom is -0.508 e. The van der Waals surface area contributed by atoms with E-state index in [1.807, 2.05) is 12.1 Å². The first-order valence-electron chi connectivity index (χ1n) is 5.69. The van der Waals surface area contributed by atoms with Crippen molar-refractivity contribution in [2.24, 2.45) is 5.73 Å². The molecule has 4 nitrogen and oxygen atoms in total. The molecule has 5 heteroatoms. The molecule has 98 valence electrons. The second kappa shape index (κ2) is 5.73. The number of halogens is 1. The Morgan fingerprint density at radius 2 is 1.89 bits per heavy atom. The van der Waals surface area contributed by atoms with Crippen molar-refractivity contribution < 1.29 is 9.90 Å². The van der Waals surface area contributed by atoms with Gasteiger partial charge in [0.15, 0.2) is 0 Å². The zero-order valence-corrected chi connectivity index (χ0v) is 10.8. The van der Waals surface area contributed by atoms with Gasteiger partial charge in [0.1, 0.15) is 5.75 Å². The molecular formula is C14H13ClN2O2. The van der Waals surface area contributed by atoms with Gasteiger partial charge >= 0.3 is 0 Å². The van der Waals surface area contributed by atoms with Crippen LogP contribution in [0.3, 0.4) is 0 Å². The van der Waals surface area contributed by atoms with Crippen LogP contribution in [0.15, 0.2) is 42.5 Å². The third-order valence-electron chi connectivity index (χ3n) is 2.64. The van der Waals surface area contributed by atoms with E-state index in [9.17, 15) is 9.90 Å². The summed E-state index contributed by atoms with van der Waals surface area (Å²) >= 11 is 5.92. The summed E-state index contributed by atoms with van der Waals surface area (Å²) in [5.41, 5.74) is 7.34. The normalized spacial score (nSPS) is 10.2. The number of hydrogen-bond donors (Lipinski definition) is 3. The van der Waals surface area contributed by atoms with Gasteiger partial charge in [-0.05, 0) is 35.9 Å². The highest BCUT2D eigenvalue weighted by atomic mass is 35.5. The molecule has 0 saturated heterocycles. The van der Waals surface area contributed by atoms with Gasteiger partial charge in [0.25, 0.3) is 5.91 Å². The quantitative estimate of drug-likeness (QED) is 0.807. The molecule has 0 bridgehead atoms. The highest BCUT2D eigenvalue weighted by Gasteiger charge is 2.11. The molecule has 2 rings (SSSR count). The van der Waals surface area contributed by atoms with Gasteiger partial charge in [-0.25, -0.2) is 0 Å². The first-order valence-corrected chi connectivity index (χ1v) is 6.07. The van der Waals surface area contributed by atoms with Gasteiger partial charge in [-0.1, -0.05) is 23.7 Å². The number of nitrogens with one attached hydrogen (secondary N) is 1. The van der Waals surface area contributed by atoms with Crippen LogP contribution >= 0.6 is 11.6 Å². The number of hydrogen-bond acceptors (Lipinski definition) is 3. The summed E-state index contributed by atoms with van der Waals surface area (Å²) in [6, 6.07) is 11.4. The lowest BCUT2D eigenvalue weighted by molar-refractivity contribution is 0.102. The van der Waals surface area contributed by atoms with E-state index >= 15 is 0 Å². The topological polar surface area (TPSA) is 75.3 Å². The number of carbonyl (C=O) groups excluding carboxylic acids is 1. The van der Waals surface area contributed by atoms with Crippen LogP contribution in [-0.4, -0.2) is 11.0 Å². The van der Waals surface area contributed by atoms with Crippen LogP contribution in [0.4, 0.5) is 5.69 Å². The predicted molar refractivity (Wildman–Crippen MR) is 75.4 cm³/mol. The standard InChI is InChI=1S/C14H13ClN2O2/c15-13-6-5-11(18)7-12(13)14(19)17-10-3-1-9(8-16)2-4-10/h1-7,18H,8,16H2,(H,17,19). The van der Waals surface area contributed by atoms with E-state index in [1.165, 1.54) is 18.2 Å². The first kappa shape index (κ1) is 13.4. The van der Waals surface area contributed by atoms with Crippen LogP contribution in [-0.2, 0) is 6.54 Å². The maximum absolute atomic E-state index is 12.0. The van der Waals surface area contributed by atoms with E-state index in [2.05, 4.69) is 5.32 Å². The highest BCUT2D eigenvalue weighted by molar-refractivity contribution is 6.34. The van der Waals surface area contributed by atoms with Crippen molar-refractivity contribution in [3.05, 3.63) is 58.6 Å². The highest BCUT2D eigenvalue weighted by Crippen LogP contribution is 2.22. The molecule has 2 aromatic rings. The Labute approximate surface area is 115 Å². The zero-order chi connectivity index (χ0) is 13.8. The minimum absolute atomic E-state index is 0.00645. The van der Waals surface area contributed by atoms with Crippen molar-refractivity contribution in [2.45, 2.75) is 6.54 Å². The summed E-state index contributed by atoms with van der Waals surface area (Å²) < 4.78 is 0. The molecule has 0 spiro atoms. The lowest BCUT2D eigenvalue weighted by Gasteiger charge is -2.07. The van der Waals surface area contributed by atoms with Crippen LogP contribution < -0.4 is 11.1 Å². The smallest absolute Gasteiger partial charge is 0.257 e. The predicted octanol–water partition coefficient (Wildman–Crippen LogP) is 2.76. The summed E-state index contributed by atoms with van der Waals surface area (Å²) in [7, 11) is 0. The maximum Gasteiger partial charge on any atom is 0.257 e. The number of rotatable bonds is 3.